The highest BCUT2D eigenvalue weighted by Crippen LogP contribution is 2.57. The van der Waals surface area contributed by atoms with Crippen molar-refractivity contribution in [2.45, 2.75) is 56.9 Å². The summed E-state index contributed by atoms with van der Waals surface area (Å²) >= 11 is 1.09. The number of piperidine rings is 1. The Balaban J connectivity index is 1.02. The number of fused-ring (bicyclic) bond motifs is 6. The summed E-state index contributed by atoms with van der Waals surface area (Å²) in [6.45, 7) is 4.96. The third kappa shape index (κ3) is 5.19. The van der Waals surface area contributed by atoms with E-state index in [4.69, 9.17) is 25.4 Å². The number of anilines is 2. The number of likely N-dealkylation sites (tertiary alicyclic amines) is 1. The van der Waals surface area contributed by atoms with Crippen molar-refractivity contribution in [1.29, 1.82) is 5.26 Å². The molecule has 1 aromatic carbocycles. The van der Waals surface area contributed by atoms with Gasteiger partial charge in [0.15, 0.2) is 0 Å². The lowest BCUT2D eigenvalue weighted by Crippen LogP contribution is -2.54. The standard InChI is InChI=1S/C37H43FN8OS/c1-45(2)37(6-3-7-37)18-42-34-27-15-41-29(24-4-5-28(38)32-31(24)26(14-39)33(40)48-32)13-30(27)43-35(44-34)47-20-36(8-9-36)19-46-16-21-10-22-12-25(22)23(11-21)17-46/h4-5,13,15,21-23,25H,3,6-12,16-20,40H2,1-2H3,(H,42,43,44). The first-order chi connectivity index (χ1) is 23.2. The van der Waals surface area contributed by atoms with Crippen molar-refractivity contribution >= 4 is 43.1 Å². The van der Waals surface area contributed by atoms with Crippen LogP contribution in [0.1, 0.15) is 56.9 Å². The minimum atomic E-state index is -0.401. The molecule has 11 heteroatoms. The van der Waals surface area contributed by atoms with Crippen LogP contribution in [0.2, 0.25) is 0 Å². The fourth-order valence-electron chi connectivity index (χ4n) is 9.20. The summed E-state index contributed by atoms with van der Waals surface area (Å²) in [7, 11) is 4.29. The summed E-state index contributed by atoms with van der Waals surface area (Å²) in [4.78, 5) is 19.7. The van der Waals surface area contributed by atoms with Crippen LogP contribution < -0.4 is 15.8 Å². The van der Waals surface area contributed by atoms with Crippen LogP contribution in [0.5, 0.6) is 6.01 Å². The van der Waals surface area contributed by atoms with E-state index >= 15 is 0 Å². The predicted octanol–water partition coefficient (Wildman–Crippen LogP) is 6.53. The predicted molar refractivity (Wildman–Crippen MR) is 187 cm³/mol. The number of nitriles is 1. The van der Waals surface area contributed by atoms with Gasteiger partial charge in [0, 0.05) is 54.3 Å². The van der Waals surface area contributed by atoms with E-state index in [1.54, 1.807) is 12.3 Å². The van der Waals surface area contributed by atoms with Gasteiger partial charge in [0.1, 0.15) is 22.7 Å². The zero-order valence-electron chi connectivity index (χ0n) is 27.8. The van der Waals surface area contributed by atoms with Crippen molar-refractivity contribution < 1.29 is 9.13 Å². The first-order valence-corrected chi connectivity index (χ1v) is 18.4. The molecule has 5 fully saturated rings. The SMILES string of the molecule is CN(C)C1(CNc2nc(OCC3(CN4CC5CC6CC6C(C5)C4)CC3)nc3cc(-c4ccc(F)c5sc(N)c(C#N)c45)ncc23)CCC1. The molecule has 4 aliphatic carbocycles. The first-order valence-electron chi connectivity index (χ1n) is 17.6. The van der Waals surface area contributed by atoms with Crippen LogP contribution in [-0.4, -0.2) is 77.2 Å². The van der Waals surface area contributed by atoms with Gasteiger partial charge < -0.3 is 25.6 Å². The number of nitrogens with one attached hydrogen (secondary N) is 1. The molecular weight excluding hydrogens is 624 g/mol. The number of pyridine rings is 1. The molecule has 5 aliphatic rings. The fourth-order valence-corrected chi connectivity index (χ4v) is 10.2. The maximum atomic E-state index is 14.8. The van der Waals surface area contributed by atoms with Gasteiger partial charge in [-0.3, -0.25) is 4.98 Å². The highest BCUT2D eigenvalue weighted by Gasteiger charge is 2.53. The minimum absolute atomic E-state index is 0.0866. The maximum absolute atomic E-state index is 14.8. The van der Waals surface area contributed by atoms with E-state index in [0.29, 0.717) is 50.3 Å². The van der Waals surface area contributed by atoms with E-state index in [9.17, 15) is 9.65 Å². The van der Waals surface area contributed by atoms with Crippen molar-refractivity contribution in [2.24, 2.45) is 29.1 Å². The van der Waals surface area contributed by atoms with Crippen molar-refractivity contribution in [3.8, 4) is 23.3 Å². The molecule has 9 rings (SSSR count). The van der Waals surface area contributed by atoms with Crippen LogP contribution in [0.25, 0.3) is 32.2 Å². The van der Waals surface area contributed by atoms with E-state index in [0.717, 1.165) is 66.3 Å². The molecule has 1 saturated heterocycles. The second kappa shape index (κ2) is 11.2. The van der Waals surface area contributed by atoms with Gasteiger partial charge in [-0.2, -0.15) is 15.2 Å². The van der Waals surface area contributed by atoms with Gasteiger partial charge in [-0.25, -0.2) is 4.39 Å². The lowest BCUT2D eigenvalue weighted by Gasteiger charge is -2.47. The molecule has 0 amide bonds. The highest BCUT2D eigenvalue weighted by atomic mass is 32.1. The van der Waals surface area contributed by atoms with Crippen LogP contribution in [-0.2, 0) is 0 Å². The number of ether oxygens (including phenoxy) is 1. The minimum Gasteiger partial charge on any atom is -0.463 e. The molecule has 0 radical (unpaired) electrons. The van der Waals surface area contributed by atoms with E-state index in [2.05, 4.69) is 35.3 Å². The van der Waals surface area contributed by atoms with Crippen molar-refractivity contribution in [3.05, 3.63) is 35.8 Å². The van der Waals surface area contributed by atoms with Crippen LogP contribution in [0.15, 0.2) is 24.4 Å². The zero-order valence-corrected chi connectivity index (χ0v) is 28.6. The van der Waals surface area contributed by atoms with Gasteiger partial charge in [0.2, 0.25) is 0 Å². The summed E-state index contributed by atoms with van der Waals surface area (Å²) in [5, 5.41) is 15.1. The number of nitrogens with zero attached hydrogens (tertiary/aromatic N) is 6. The normalized spacial score (nSPS) is 26.6. The Bertz CT molecular complexity index is 1960. The molecule has 4 atom stereocenters. The molecule has 0 spiro atoms. The third-order valence-electron chi connectivity index (χ3n) is 12.5. The average Bonchev–Trinajstić information content (AvgIpc) is 3.96. The molecule has 48 heavy (non-hydrogen) atoms. The number of nitrogen functional groups attached to an aromatic ring is 1. The number of rotatable bonds is 10. The number of nitrogens with two attached hydrogens (primary N) is 1. The third-order valence-corrected chi connectivity index (χ3v) is 13.5. The van der Waals surface area contributed by atoms with Gasteiger partial charge in [0.05, 0.1) is 33.5 Å². The summed E-state index contributed by atoms with van der Waals surface area (Å²) in [6.07, 6.45) is 12.0. The quantitative estimate of drug-likeness (QED) is 0.195. The van der Waals surface area contributed by atoms with E-state index < -0.39 is 5.82 Å². The summed E-state index contributed by atoms with van der Waals surface area (Å²) < 4.78 is 21.7. The van der Waals surface area contributed by atoms with E-state index in [1.807, 2.05) is 6.07 Å². The second-order valence-electron chi connectivity index (χ2n) is 15.8. The molecule has 1 aliphatic heterocycles. The Morgan fingerprint density at radius 2 is 1.98 bits per heavy atom. The highest BCUT2D eigenvalue weighted by molar-refractivity contribution is 7.23. The van der Waals surface area contributed by atoms with Crippen LogP contribution in [0, 0.1) is 46.2 Å². The Morgan fingerprint density at radius 1 is 1.15 bits per heavy atom. The molecule has 4 aromatic rings. The molecule has 250 valence electrons. The topological polar surface area (TPSA) is 116 Å². The van der Waals surface area contributed by atoms with Gasteiger partial charge in [0.25, 0.3) is 0 Å². The van der Waals surface area contributed by atoms with Crippen LogP contribution >= 0.6 is 11.3 Å². The molecule has 2 bridgehead atoms. The number of benzene rings is 1. The monoisotopic (exact) mass is 666 g/mol. The van der Waals surface area contributed by atoms with Gasteiger partial charge in [-0.1, -0.05) is 0 Å². The summed E-state index contributed by atoms with van der Waals surface area (Å²) in [5.41, 5.74) is 8.59. The first kappa shape index (κ1) is 30.5. The Kier molecular flexibility index (Phi) is 7.12. The molecule has 9 nitrogen and oxygen atoms in total. The lowest BCUT2D eigenvalue weighted by molar-refractivity contribution is 0.0534. The smallest absolute Gasteiger partial charge is 0.318 e. The van der Waals surface area contributed by atoms with Crippen LogP contribution in [0.3, 0.4) is 0 Å². The van der Waals surface area contributed by atoms with Crippen molar-refractivity contribution in [1.82, 2.24) is 24.8 Å². The number of aromatic nitrogens is 3. The van der Waals surface area contributed by atoms with Gasteiger partial charge in [-0.05, 0) is 107 Å². The maximum Gasteiger partial charge on any atom is 0.318 e. The summed E-state index contributed by atoms with van der Waals surface area (Å²) in [5.74, 6) is 4.10. The van der Waals surface area contributed by atoms with Crippen molar-refractivity contribution in [2.75, 3.05) is 57.9 Å². The number of hydrogen-bond acceptors (Lipinski definition) is 10. The molecule has 3 N–H and O–H groups in total. The molecule has 4 unspecified atom stereocenters. The van der Waals surface area contributed by atoms with Gasteiger partial charge >= 0.3 is 6.01 Å². The molecule has 4 heterocycles. The molecule has 4 saturated carbocycles. The second-order valence-corrected chi connectivity index (χ2v) is 16.8. The Morgan fingerprint density at radius 3 is 2.73 bits per heavy atom. The number of thiophene rings is 1. The van der Waals surface area contributed by atoms with E-state index in [-0.39, 0.29) is 16.5 Å². The number of halogens is 1. The van der Waals surface area contributed by atoms with Crippen LogP contribution in [0.4, 0.5) is 15.2 Å². The average molecular weight is 667 g/mol. The largest absolute Gasteiger partial charge is 0.463 e. The molecule has 3 aromatic heterocycles. The van der Waals surface area contributed by atoms with Gasteiger partial charge in [-0.15, -0.1) is 11.3 Å². The Labute approximate surface area is 284 Å². The number of hydrogen-bond donors (Lipinski definition) is 2. The fraction of sp³-hybridized carbons (Fsp3) is 0.568. The zero-order chi connectivity index (χ0) is 32.8. The van der Waals surface area contributed by atoms with E-state index in [1.165, 1.54) is 57.7 Å². The lowest BCUT2D eigenvalue weighted by atomic mass is 9.75. The van der Waals surface area contributed by atoms with Crippen molar-refractivity contribution in [3.63, 3.8) is 0 Å². The molecular formula is C37H43FN8OS. The number of likely N-dealkylation sites (N-methyl/N-ethyl adjacent to an activating group) is 1. The summed E-state index contributed by atoms with van der Waals surface area (Å²) in [6, 6.07) is 7.51. The Hall–Kier alpha value is -3.59.